The molecule has 0 saturated carbocycles. The number of fused-ring (bicyclic) bond motifs is 1. The van der Waals surface area contributed by atoms with E-state index in [1.807, 2.05) is 31.2 Å². The van der Waals surface area contributed by atoms with Gasteiger partial charge in [0.05, 0.1) is 11.4 Å². The third-order valence-corrected chi connectivity index (χ3v) is 5.22. The lowest BCUT2D eigenvalue weighted by atomic mass is 10.2. The highest BCUT2D eigenvalue weighted by Crippen LogP contribution is 2.22. The van der Waals surface area contributed by atoms with Crippen LogP contribution in [0.5, 0.6) is 5.75 Å². The van der Waals surface area contributed by atoms with E-state index in [2.05, 4.69) is 15.0 Å². The Bertz CT molecular complexity index is 954. The number of amidine groups is 1. The van der Waals surface area contributed by atoms with Gasteiger partial charge in [0.1, 0.15) is 24.7 Å². The molecule has 1 heterocycles. The van der Waals surface area contributed by atoms with Crippen molar-refractivity contribution < 1.29 is 17.9 Å². The summed E-state index contributed by atoms with van der Waals surface area (Å²) in [4.78, 5) is 16.2. The van der Waals surface area contributed by atoms with E-state index in [4.69, 9.17) is 4.74 Å². The highest BCUT2D eigenvalue weighted by atomic mass is 32.2. The van der Waals surface area contributed by atoms with E-state index < -0.39 is 10.0 Å². The smallest absolute Gasteiger partial charge is 0.263 e. The minimum atomic E-state index is -3.59. The number of sulfonamides is 1. The molecule has 0 unspecified atom stereocenters. The van der Waals surface area contributed by atoms with Crippen LogP contribution in [-0.4, -0.2) is 39.9 Å². The van der Waals surface area contributed by atoms with Crippen molar-refractivity contribution in [2.75, 3.05) is 19.7 Å². The van der Waals surface area contributed by atoms with Crippen LogP contribution in [0.15, 0.2) is 58.4 Å². The molecular formula is C18H19N3O4S. The van der Waals surface area contributed by atoms with Crippen LogP contribution in [0.2, 0.25) is 0 Å². The second-order valence-corrected chi connectivity index (χ2v) is 7.38. The number of carbonyl (C=O) groups excluding carboxylic acids is 1. The number of benzene rings is 2. The summed E-state index contributed by atoms with van der Waals surface area (Å²) in [5, 5.41) is 2.69. The van der Waals surface area contributed by atoms with E-state index in [-0.39, 0.29) is 23.2 Å². The average molecular weight is 373 g/mol. The largest absolute Gasteiger partial charge is 0.491 e. The third-order valence-electron chi connectivity index (χ3n) is 3.82. The van der Waals surface area contributed by atoms with Crippen LogP contribution in [0.1, 0.15) is 11.1 Å². The molecule has 2 aromatic rings. The zero-order valence-corrected chi connectivity index (χ0v) is 15.0. The number of para-hydroxylation sites is 1. The van der Waals surface area contributed by atoms with E-state index in [9.17, 15) is 13.2 Å². The first-order chi connectivity index (χ1) is 12.5. The van der Waals surface area contributed by atoms with Gasteiger partial charge in [-0.15, -0.1) is 0 Å². The summed E-state index contributed by atoms with van der Waals surface area (Å²) in [6.45, 7) is 2.45. The maximum absolute atomic E-state index is 12.0. The van der Waals surface area contributed by atoms with Crippen molar-refractivity contribution in [1.29, 1.82) is 0 Å². The second kappa shape index (κ2) is 7.57. The maximum atomic E-state index is 12.0. The van der Waals surface area contributed by atoms with E-state index in [0.29, 0.717) is 18.7 Å². The molecule has 0 bridgehead atoms. The van der Waals surface area contributed by atoms with E-state index in [0.717, 1.165) is 11.3 Å². The van der Waals surface area contributed by atoms with Gasteiger partial charge in [-0.3, -0.25) is 14.5 Å². The van der Waals surface area contributed by atoms with Crippen LogP contribution in [0.3, 0.4) is 0 Å². The van der Waals surface area contributed by atoms with Gasteiger partial charge < -0.3 is 10.1 Å². The minimum Gasteiger partial charge on any atom is -0.491 e. The second-order valence-electron chi connectivity index (χ2n) is 5.73. The molecule has 1 aliphatic heterocycles. The Hall–Kier alpha value is -2.87. The Morgan fingerprint density at radius 1 is 1.15 bits per heavy atom. The topological polar surface area (TPSA) is 96.9 Å². The average Bonchev–Trinajstić information content (AvgIpc) is 2.89. The quantitative estimate of drug-likeness (QED) is 0.744. The number of nitrogens with zero attached hydrogens (tertiary/aromatic N) is 1. The van der Waals surface area contributed by atoms with Crippen LogP contribution >= 0.6 is 0 Å². The van der Waals surface area contributed by atoms with Crippen molar-refractivity contribution in [1.82, 2.24) is 10.0 Å². The first-order valence-corrected chi connectivity index (χ1v) is 9.57. The van der Waals surface area contributed by atoms with Gasteiger partial charge >= 0.3 is 0 Å². The highest BCUT2D eigenvalue weighted by molar-refractivity contribution is 7.90. The SMILES string of the molecule is Cc1ccccc1OCCNC(=O)CN=C1NS(=O)(=O)c2ccccc21. The zero-order valence-electron chi connectivity index (χ0n) is 14.2. The molecule has 2 N–H and O–H groups in total. The Morgan fingerprint density at radius 3 is 2.69 bits per heavy atom. The fourth-order valence-corrected chi connectivity index (χ4v) is 3.78. The first-order valence-electron chi connectivity index (χ1n) is 8.09. The Kier molecular flexibility index (Phi) is 5.22. The van der Waals surface area contributed by atoms with Crippen molar-refractivity contribution in [2.24, 2.45) is 4.99 Å². The maximum Gasteiger partial charge on any atom is 0.263 e. The number of nitrogens with one attached hydrogen (secondary N) is 2. The molecule has 0 aromatic heterocycles. The summed E-state index contributed by atoms with van der Waals surface area (Å²) in [7, 11) is -3.59. The van der Waals surface area contributed by atoms with Crippen LogP contribution < -0.4 is 14.8 Å². The molecule has 7 nitrogen and oxygen atoms in total. The van der Waals surface area contributed by atoms with Crippen LogP contribution in [0.25, 0.3) is 0 Å². The number of aryl methyl sites for hydroxylation is 1. The molecule has 0 fully saturated rings. The molecule has 0 aliphatic carbocycles. The van der Waals surface area contributed by atoms with Crippen molar-refractivity contribution in [2.45, 2.75) is 11.8 Å². The van der Waals surface area contributed by atoms with Crippen molar-refractivity contribution in [3.8, 4) is 5.75 Å². The molecule has 136 valence electrons. The van der Waals surface area contributed by atoms with Gasteiger partial charge in [0, 0.05) is 5.56 Å². The Morgan fingerprint density at radius 2 is 1.88 bits per heavy atom. The summed E-state index contributed by atoms with van der Waals surface area (Å²) in [6.07, 6.45) is 0. The molecular weight excluding hydrogens is 354 g/mol. The van der Waals surface area contributed by atoms with Crippen LogP contribution in [0, 0.1) is 6.92 Å². The predicted octanol–water partition coefficient (Wildman–Crippen LogP) is 1.23. The lowest BCUT2D eigenvalue weighted by Crippen LogP contribution is -2.31. The molecule has 26 heavy (non-hydrogen) atoms. The van der Waals surface area contributed by atoms with Crippen LogP contribution in [0.4, 0.5) is 0 Å². The van der Waals surface area contributed by atoms with Crippen molar-refractivity contribution in [3.05, 3.63) is 59.7 Å². The Labute approximate surface area is 152 Å². The first kappa shape index (κ1) is 17.9. The summed E-state index contributed by atoms with van der Waals surface area (Å²) >= 11 is 0. The minimum absolute atomic E-state index is 0.170. The monoisotopic (exact) mass is 373 g/mol. The lowest BCUT2D eigenvalue weighted by molar-refractivity contribution is -0.119. The van der Waals surface area contributed by atoms with Crippen LogP contribution in [-0.2, 0) is 14.8 Å². The number of ether oxygens (including phenoxy) is 1. The zero-order chi connectivity index (χ0) is 18.6. The summed E-state index contributed by atoms with van der Waals surface area (Å²) in [5.41, 5.74) is 1.50. The normalized spacial score (nSPS) is 16.0. The molecule has 1 aliphatic rings. The molecule has 3 rings (SSSR count). The molecule has 0 radical (unpaired) electrons. The fourth-order valence-electron chi connectivity index (χ4n) is 2.53. The van der Waals surface area contributed by atoms with Gasteiger partial charge in [-0.05, 0) is 30.7 Å². The van der Waals surface area contributed by atoms with E-state index >= 15 is 0 Å². The Balaban J connectivity index is 1.50. The number of hydrogen-bond acceptors (Lipinski definition) is 5. The van der Waals surface area contributed by atoms with E-state index in [1.165, 1.54) is 6.07 Å². The number of aliphatic imine (C=N–C) groups is 1. The van der Waals surface area contributed by atoms with Gasteiger partial charge in [0.25, 0.3) is 10.0 Å². The highest BCUT2D eigenvalue weighted by Gasteiger charge is 2.30. The number of amides is 1. The predicted molar refractivity (Wildman–Crippen MR) is 97.9 cm³/mol. The fraction of sp³-hybridized carbons (Fsp3) is 0.222. The van der Waals surface area contributed by atoms with Gasteiger partial charge in [-0.1, -0.05) is 30.3 Å². The molecule has 0 atom stereocenters. The molecule has 1 amide bonds. The number of rotatable bonds is 6. The van der Waals surface area contributed by atoms with Gasteiger partial charge in [0.15, 0.2) is 0 Å². The lowest BCUT2D eigenvalue weighted by Gasteiger charge is -2.09. The van der Waals surface area contributed by atoms with Gasteiger partial charge in [-0.2, -0.15) is 0 Å². The standard InChI is InChI=1S/C18H19N3O4S/c1-13-6-2-4-8-15(13)25-11-10-19-17(22)12-20-18-14-7-3-5-9-16(14)26(23,24)21-18/h2-9H,10-12H2,1H3,(H,19,22)(H,20,21). The molecule has 0 saturated heterocycles. The van der Waals surface area contributed by atoms with Gasteiger partial charge in [-0.25, -0.2) is 8.42 Å². The summed E-state index contributed by atoms with van der Waals surface area (Å²) < 4.78 is 31.9. The summed E-state index contributed by atoms with van der Waals surface area (Å²) in [5.74, 6) is 0.653. The third kappa shape index (κ3) is 4.02. The molecule has 8 heteroatoms. The van der Waals surface area contributed by atoms with Crippen molar-refractivity contribution in [3.63, 3.8) is 0 Å². The van der Waals surface area contributed by atoms with Gasteiger partial charge in [0.2, 0.25) is 5.91 Å². The summed E-state index contributed by atoms with van der Waals surface area (Å²) in [6, 6.07) is 14.2. The molecule has 0 spiro atoms. The number of carbonyl (C=O) groups is 1. The molecule has 2 aromatic carbocycles. The number of hydrogen-bond donors (Lipinski definition) is 2. The van der Waals surface area contributed by atoms with Crippen molar-refractivity contribution >= 4 is 21.8 Å². The van der Waals surface area contributed by atoms with E-state index in [1.54, 1.807) is 18.2 Å².